The SMILES string of the molecule is CO[C@H]1CN(C)C(=O)[C@@H]2C[C@@H](CN2c2nc(N3[C@@H]4CC(C#N)C[C@H]3C4)nc3c2cnn3-c2ccc(F)cc2F)Nc2cccc(n2)-c2cc(F)cc3nc(C)n(c23)C1.[HH]. The summed E-state index contributed by atoms with van der Waals surface area (Å²) in [5.41, 5.74) is 2.67. The van der Waals surface area contributed by atoms with Crippen LogP contribution in [0.4, 0.5) is 30.8 Å². The highest BCUT2D eigenvalue weighted by Gasteiger charge is 2.48. The number of imidazole rings is 1. The number of aromatic nitrogens is 7. The van der Waals surface area contributed by atoms with Crippen LogP contribution in [0.3, 0.4) is 0 Å². The third-order valence-corrected chi connectivity index (χ3v) is 12.2. The van der Waals surface area contributed by atoms with E-state index in [0.29, 0.717) is 83.6 Å². The van der Waals surface area contributed by atoms with Gasteiger partial charge >= 0.3 is 0 Å². The van der Waals surface area contributed by atoms with Crippen molar-refractivity contribution in [3.05, 3.63) is 78.0 Å². The number of nitrogens with one attached hydrogen (secondary N) is 1. The average Bonchev–Trinajstić information content (AvgIpc) is 3.91. The molecule has 10 rings (SSSR count). The highest BCUT2D eigenvalue weighted by molar-refractivity contribution is 5.94. The number of anilines is 3. The molecule has 1 amide bonds. The number of carbonyl (C=O) groups excluding carboxylic acids is 1. The van der Waals surface area contributed by atoms with Crippen molar-refractivity contribution in [3.63, 3.8) is 0 Å². The fourth-order valence-corrected chi connectivity index (χ4v) is 9.46. The number of pyridine rings is 1. The van der Waals surface area contributed by atoms with Gasteiger partial charge in [-0.25, -0.2) is 27.8 Å². The summed E-state index contributed by atoms with van der Waals surface area (Å²) in [4.78, 5) is 40.3. The normalized spacial score (nSPS) is 24.4. The Morgan fingerprint density at radius 1 is 0.948 bits per heavy atom. The van der Waals surface area contributed by atoms with Crippen molar-refractivity contribution in [3.8, 4) is 23.0 Å². The number of benzene rings is 2. The maximum absolute atomic E-state index is 15.4. The Labute approximate surface area is 332 Å². The molecule has 6 atom stereocenters. The number of methoxy groups -OCH3 is 1. The number of aryl methyl sites for hydroxylation is 1. The molecule has 1 N–H and O–H groups in total. The second-order valence-electron chi connectivity index (χ2n) is 15.8. The van der Waals surface area contributed by atoms with Gasteiger partial charge in [0.25, 0.3) is 0 Å². The molecule has 3 saturated heterocycles. The minimum atomic E-state index is -0.808. The molecule has 4 aromatic heterocycles. The summed E-state index contributed by atoms with van der Waals surface area (Å²) in [5.74, 6) is -0.142. The van der Waals surface area contributed by atoms with E-state index >= 15 is 8.78 Å². The first-order valence-electron chi connectivity index (χ1n) is 19.4. The van der Waals surface area contributed by atoms with Crippen molar-refractivity contribution in [1.29, 1.82) is 5.26 Å². The number of halogens is 3. The van der Waals surface area contributed by atoms with Crippen LogP contribution < -0.4 is 15.1 Å². The average molecular weight is 791 g/mol. The number of nitriles is 1. The molecule has 8 heterocycles. The molecular weight excluding hydrogens is 750 g/mol. The van der Waals surface area contributed by atoms with Crippen molar-refractivity contribution < 1.29 is 24.1 Å². The Balaban J connectivity index is 0.00000449. The van der Waals surface area contributed by atoms with Gasteiger partial charge in [-0.15, -0.1) is 0 Å². The molecule has 1 unspecified atom stereocenters. The van der Waals surface area contributed by atoms with E-state index in [1.165, 1.54) is 28.9 Å². The van der Waals surface area contributed by atoms with Gasteiger partial charge in [0.1, 0.15) is 40.8 Å². The molecule has 17 heteroatoms. The molecule has 6 bridgehead atoms. The minimum absolute atomic E-state index is 0. The van der Waals surface area contributed by atoms with Crippen LogP contribution in [-0.2, 0) is 16.1 Å². The number of hydrogen-bond acceptors (Lipinski definition) is 11. The van der Waals surface area contributed by atoms with Crippen LogP contribution >= 0.6 is 0 Å². The lowest BCUT2D eigenvalue weighted by atomic mass is 9.74. The van der Waals surface area contributed by atoms with E-state index < -0.39 is 29.6 Å². The molecule has 2 aromatic carbocycles. The number of carbonyl (C=O) groups is 1. The quantitative estimate of drug-likeness (QED) is 0.237. The van der Waals surface area contributed by atoms with Gasteiger partial charge in [0.15, 0.2) is 11.5 Å². The number of piperidine rings is 1. The lowest BCUT2D eigenvalue weighted by Gasteiger charge is -2.54. The van der Waals surface area contributed by atoms with Crippen molar-refractivity contribution >= 4 is 45.6 Å². The fraction of sp³-hybridized carbons (Fsp3) is 0.390. The van der Waals surface area contributed by atoms with E-state index in [1.807, 2.05) is 34.6 Å². The number of rotatable bonds is 4. The van der Waals surface area contributed by atoms with Crippen LogP contribution in [0.2, 0.25) is 0 Å². The molecule has 298 valence electrons. The number of ether oxygens (including phenoxy) is 1. The first kappa shape index (κ1) is 36.1. The number of hydrogen-bond donors (Lipinski definition) is 1. The van der Waals surface area contributed by atoms with Crippen LogP contribution in [0.5, 0.6) is 0 Å². The van der Waals surface area contributed by atoms with E-state index in [1.54, 1.807) is 25.3 Å². The molecule has 0 saturated carbocycles. The standard InChI is InChI=1S/C41H39F3N12O2.H2/c1-21-47-33-13-24(43)11-29-32-5-4-6-36(49-32)48-25-14-35(40(57)52(2)19-28(58-3)20-53(21)37(29)33)54(18-25)38-30-17-46-56(34-8-7-23(42)12-31(34)44)39(30)51-41(50-38)55-26-9-22(16-45)10-27(55)15-26;/h4-8,11-13,17,22,25-28,35H,9-10,14-15,18-20H2,1-3H3,(H,48,49);1H/t22?,25-,26-,27+,28-,35-;/m0./s1. The molecule has 0 spiro atoms. The van der Waals surface area contributed by atoms with Gasteiger partial charge < -0.3 is 29.3 Å². The monoisotopic (exact) mass is 790 g/mol. The molecule has 0 aliphatic carbocycles. The van der Waals surface area contributed by atoms with Gasteiger partial charge in [0.2, 0.25) is 11.9 Å². The van der Waals surface area contributed by atoms with Crippen LogP contribution in [-0.4, -0.2) is 103 Å². The molecule has 4 aliphatic rings. The summed E-state index contributed by atoms with van der Waals surface area (Å²) in [6.45, 7) is 2.76. The smallest absolute Gasteiger partial charge is 0.245 e. The van der Waals surface area contributed by atoms with Crippen molar-refractivity contribution in [1.82, 2.24) is 39.2 Å². The molecule has 6 aromatic rings. The Morgan fingerprint density at radius 2 is 1.78 bits per heavy atom. The van der Waals surface area contributed by atoms with E-state index in [0.717, 1.165) is 18.0 Å². The van der Waals surface area contributed by atoms with Gasteiger partial charge in [-0.05, 0) is 62.9 Å². The highest BCUT2D eigenvalue weighted by Crippen LogP contribution is 2.45. The summed E-state index contributed by atoms with van der Waals surface area (Å²) in [6, 6.07) is 13.2. The second-order valence-corrected chi connectivity index (χ2v) is 15.8. The Bertz CT molecular complexity index is 2670. The largest absolute Gasteiger partial charge is 0.378 e. The molecule has 14 nitrogen and oxygen atoms in total. The molecular formula is C41H41F3N12O2. The zero-order valence-electron chi connectivity index (χ0n) is 32.0. The molecule has 58 heavy (non-hydrogen) atoms. The molecule has 3 fully saturated rings. The van der Waals surface area contributed by atoms with Crippen molar-refractivity contribution in [2.75, 3.05) is 42.4 Å². The maximum atomic E-state index is 15.4. The van der Waals surface area contributed by atoms with Crippen LogP contribution in [0.15, 0.2) is 54.7 Å². The maximum Gasteiger partial charge on any atom is 0.245 e. The van der Waals surface area contributed by atoms with Crippen LogP contribution in [0, 0.1) is 41.6 Å². The summed E-state index contributed by atoms with van der Waals surface area (Å²) in [7, 11) is 3.35. The first-order chi connectivity index (χ1) is 28.1. The lowest BCUT2D eigenvalue weighted by molar-refractivity contribution is -0.132. The van der Waals surface area contributed by atoms with Crippen molar-refractivity contribution in [2.24, 2.45) is 5.92 Å². The van der Waals surface area contributed by atoms with Gasteiger partial charge in [0.05, 0.1) is 52.9 Å². The lowest BCUT2D eigenvalue weighted by Crippen LogP contribution is -2.61. The number of nitrogens with zero attached hydrogens (tertiary/aromatic N) is 11. The Kier molecular flexibility index (Phi) is 8.51. The fourth-order valence-electron chi connectivity index (χ4n) is 9.46. The Morgan fingerprint density at radius 3 is 2.55 bits per heavy atom. The van der Waals surface area contributed by atoms with Crippen molar-refractivity contribution in [2.45, 2.75) is 69.4 Å². The van der Waals surface area contributed by atoms with E-state index in [9.17, 15) is 14.4 Å². The zero-order valence-corrected chi connectivity index (χ0v) is 32.0. The molecule has 0 radical (unpaired) electrons. The summed E-state index contributed by atoms with van der Waals surface area (Å²) in [5, 5.41) is 18.3. The number of fused-ring (bicyclic) bond motifs is 8. The second kappa shape index (κ2) is 13.7. The van der Waals surface area contributed by atoms with Gasteiger partial charge in [-0.1, -0.05) is 6.07 Å². The first-order valence-corrected chi connectivity index (χ1v) is 19.4. The zero-order chi connectivity index (χ0) is 40.0. The number of amides is 1. The summed E-state index contributed by atoms with van der Waals surface area (Å²) in [6.07, 6.45) is 3.71. The van der Waals surface area contributed by atoms with Gasteiger partial charge in [-0.2, -0.15) is 20.3 Å². The topological polar surface area (TPSA) is 146 Å². The third kappa shape index (κ3) is 5.88. The van der Waals surface area contributed by atoms with E-state index in [4.69, 9.17) is 19.7 Å². The van der Waals surface area contributed by atoms with E-state index in [2.05, 4.69) is 26.4 Å². The van der Waals surface area contributed by atoms with Gasteiger partial charge in [-0.3, -0.25) is 4.79 Å². The summed E-state index contributed by atoms with van der Waals surface area (Å²) >= 11 is 0. The van der Waals surface area contributed by atoms with Crippen LogP contribution in [0.25, 0.3) is 39.0 Å². The predicted octanol–water partition coefficient (Wildman–Crippen LogP) is 5.63. The minimum Gasteiger partial charge on any atom is -0.378 e. The van der Waals surface area contributed by atoms with E-state index in [-0.39, 0.29) is 43.6 Å². The third-order valence-electron chi connectivity index (χ3n) is 12.2. The molecule has 4 aliphatic heterocycles. The Hall–Kier alpha value is -6.28. The van der Waals surface area contributed by atoms with Gasteiger partial charge in [0, 0.05) is 64.5 Å². The highest BCUT2D eigenvalue weighted by atomic mass is 19.1. The number of likely N-dealkylation sites (N-methyl/N-ethyl adjacent to an activating group) is 1. The summed E-state index contributed by atoms with van der Waals surface area (Å²) < 4.78 is 53.9. The van der Waals surface area contributed by atoms with Crippen LogP contribution in [0.1, 0.15) is 32.9 Å². The predicted molar refractivity (Wildman–Crippen MR) is 211 cm³/mol.